The molecule has 7 heteroatoms. The second-order valence-corrected chi connectivity index (χ2v) is 6.42. The fourth-order valence-corrected chi connectivity index (χ4v) is 2.07. The summed E-state index contributed by atoms with van der Waals surface area (Å²) in [5.41, 5.74) is 0.511. The number of guanidine groups is 1. The minimum absolute atomic E-state index is 0.0424. The van der Waals surface area contributed by atoms with Crippen molar-refractivity contribution in [3.05, 3.63) is 18.2 Å². The highest BCUT2D eigenvalue weighted by molar-refractivity contribution is 5.95. The van der Waals surface area contributed by atoms with Crippen LogP contribution in [0.25, 0.3) is 0 Å². The van der Waals surface area contributed by atoms with E-state index < -0.39 is 0 Å². The predicted octanol–water partition coefficient (Wildman–Crippen LogP) is 2.39. The number of carbonyl (C=O) groups is 1. The minimum atomic E-state index is -0.277. The second-order valence-electron chi connectivity index (χ2n) is 6.42. The molecule has 0 aliphatic heterocycles. The zero-order valence-electron chi connectivity index (χ0n) is 16.0. The van der Waals surface area contributed by atoms with Gasteiger partial charge < -0.3 is 25.4 Å². The molecule has 0 saturated carbocycles. The molecule has 0 saturated heterocycles. The van der Waals surface area contributed by atoms with Gasteiger partial charge in [-0.05, 0) is 46.8 Å². The highest BCUT2D eigenvalue weighted by Gasteiger charge is 2.13. The summed E-state index contributed by atoms with van der Waals surface area (Å²) in [6.45, 7) is 11.0. The van der Waals surface area contributed by atoms with Crippen molar-refractivity contribution in [1.29, 1.82) is 0 Å². The lowest BCUT2D eigenvalue weighted by Crippen LogP contribution is -2.42. The molecular weight excluding hydrogens is 320 g/mol. The molecule has 140 valence electrons. The van der Waals surface area contributed by atoms with Gasteiger partial charge in [-0.15, -0.1) is 0 Å². The molecule has 0 radical (unpaired) electrons. The van der Waals surface area contributed by atoms with Gasteiger partial charge in [-0.25, -0.2) is 4.99 Å². The molecule has 1 amide bonds. The molecule has 3 N–H and O–H groups in total. The summed E-state index contributed by atoms with van der Waals surface area (Å²) in [4.78, 5) is 16.2. The van der Waals surface area contributed by atoms with Crippen LogP contribution in [0.15, 0.2) is 23.2 Å². The van der Waals surface area contributed by atoms with E-state index in [4.69, 9.17) is 9.47 Å². The molecule has 1 rings (SSSR count). The zero-order chi connectivity index (χ0) is 18.9. The Bertz CT molecular complexity index is 594. The molecule has 0 spiro atoms. The number of hydrogen-bond acceptors (Lipinski definition) is 4. The highest BCUT2D eigenvalue weighted by atomic mass is 16.5. The quantitative estimate of drug-likeness (QED) is 0.519. The third kappa shape index (κ3) is 7.78. The first-order chi connectivity index (χ1) is 11.8. The van der Waals surface area contributed by atoms with Gasteiger partial charge in [0, 0.05) is 23.8 Å². The van der Waals surface area contributed by atoms with Gasteiger partial charge in [0.2, 0.25) is 5.91 Å². The molecule has 0 bridgehead atoms. The van der Waals surface area contributed by atoms with Crippen molar-refractivity contribution in [2.24, 2.45) is 4.99 Å². The van der Waals surface area contributed by atoms with E-state index in [2.05, 4.69) is 20.9 Å². The second kappa shape index (κ2) is 9.76. The van der Waals surface area contributed by atoms with Crippen LogP contribution in [0.4, 0.5) is 5.69 Å². The van der Waals surface area contributed by atoms with Crippen molar-refractivity contribution in [3.8, 4) is 11.5 Å². The molecule has 1 aromatic rings. The summed E-state index contributed by atoms with van der Waals surface area (Å²) < 4.78 is 10.9. The monoisotopic (exact) mass is 350 g/mol. The molecule has 0 atom stereocenters. The SMILES string of the molecule is CCNC(=NCC(=O)NC(C)(C)C)Nc1ccc(OCC)c(OC)c1. The molecule has 0 aliphatic carbocycles. The van der Waals surface area contributed by atoms with Crippen molar-refractivity contribution in [2.75, 3.05) is 32.1 Å². The van der Waals surface area contributed by atoms with Crippen LogP contribution in [0.2, 0.25) is 0 Å². The van der Waals surface area contributed by atoms with Crippen LogP contribution in [0.1, 0.15) is 34.6 Å². The molecule has 0 unspecified atom stereocenters. The number of nitrogens with one attached hydrogen (secondary N) is 3. The van der Waals surface area contributed by atoms with E-state index in [1.165, 1.54) is 0 Å². The van der Waals surface area contributed by atoms with Gasteiger partial charge >= 0.3 is 0 Å². The summed E-state index contributed by atoms with van der Waals surface area (Å²) in [7, 11) is 1.60. The van der Waals surface area contributed by atoms with Gasteiger partial charge in [-0.1, -0.05) is 0 Å². The summed E-state index contributed by atoms with van der Waals surface area (Å²) in [6.07, 6.45) is 0. The van der Waals surface area contributed by atoms with Crippen LogP contribution in [0.3, 0.4) is 0 Å². The largest absolute Gasteiger partial charge is 0.493 e. The lowest BCUT2D eigenvalue weighted by atomic mass is 10.1. The van der Waals surface area contributed by atoms with Gasteiger partial charge in [0.1, 0.15) is 6.54 Å². The molecule has 0 aliphatic rings. The number of aliphatic imine (C=N–C) groups is 1. The van der Waals surface area contributed by atoms with Crippen molar-refractivity contribution >= 4 is 17.6 Å². The van der Waals surface area contributed by atoms with E-state index in [0.29, 0.717) is 30.6 Å². The maximum Gasteiger partial charge on any atom is 0.242 e. The van der Waals surface area contributed by atoms with Gasteiger partial charge in [0.15, 0.2) is 17.5 Å². The number of nitrogens with zero attached hydrogens (tertiary/aromatic N) is 1. The molecule has 1 aromatic carbocycles. The van der Waals surface area contributed by atoms with Crippen molar-refractivity contribution < 1.29 is 14.3 Å². The van der Waals surface area contributed by atoms with Crippen molar-refractivity contribution in [3.63, 3.8) is 0 Å². The maximum absolute atomic E-state index is 11.9. The Labute approximate surface area is 150 Å². The average Bonchev–Trinajstić information content (AvgIpc) is 2.53. The Morgan fingerprint density at radius 1 is 1.20 bits per heavy atom. The summed E-state index contributed by atoms with van der Waals surface area (Å²) >= 11 is 0. The van der Waals surface area contributed by atoms with Crippen molar-refractivity contribution in [2.45, 2.75) is 40.2 Å². The van der Waals surface area contributed by atoms with E-state index in [1.54, 1.807) is 7.11 Å². The number of methoxy groups -OCH3 is 1. The molecule has 0 aromatic heterocycles. The first-order valence-corrected chi connectivity index (χ1v) is 8.46. The standard InChI is InChI=1S/C18H30N4O3/c1-7-19-17(20-12-16(23)22-18(3,4)5)21-13-9-10-14(25-8-2)15(11-13)24-6/h9-11H,7-8,12H2,1-6H3,(H,22,23)(H2,19,20,21). The Hall–Kier alpha value is -2.44. The molecule has 0 fully saturated rings. The van der Waals surface area contributed by atoms with E-state index in [1.807, 2.05) is 52.8 Å². The fraction of sp³-hybridized carbons (Fsp3) is 0.556. The van der Waals surface area contributed by atoms with Crippen LogP contribution >= 0.6 is 0 Å². The van der Waals surface area contributed by atoms with Crippen molar-refractivity contribution in [1.82, 2.24) is 10.6 Å². The summed E-state index contributed by atoms with van der Waals surface area (Å²) in [5, 5.41) is 9.16. The molecule has 0 heterocycles. The Balaban J connectivity index is 2.83. The van der Waals surface area contributed by atoms with Crippen LogP contribution in [-0.2, 0) is 4.79 Å². The topological polar surface area (TPSA) is 84.0 Å². The number of rotatable bonds is 7. The third-order valence-electron chi connectivity index (χ3n) is 2.97. The predicted molar refractivity (Wildman–Crippen MR) is 102 cm³/mol. The van der Waals surface area contributed by atoms with Gasteiger partial charge in [-0.3, -0.25) is 4.79 Å². The number of hydrogen-bond donors (Lipinski definition) is 3. The van der Waals surface area contributed by atoms with Gasteiger partial charge in [0.25, 0.3) is 0 Å². The third-order valence-corrected chi connectivity index (χ3v) is 2.97. The lowest BCUT2D eigenvalue weighted by Gasteiger charge is -2.20. The minimum Gasteiger partial charge on any atom is -0.493 e. The first kappa shape index (κ1) is 20.6. The number of amides is 1. The normalized spacial score (nSPS) is 11.7. The maximum atomic E-state index is 11.9. The first-order valence-electron chi connectivity index (χ1n) is 8.46. The number of carbonyl (C=O) groups excluding carboxylic acids is 1. The van der Waals surface area contributed by atoms with Crippen LogP contribution in [0, 0.1) is 0 Å². The van der Waals surface area contributed by atoms with E-state index >= 15 is 0 Å². The van der Waals surface area contributed by atoms with Crippen LogP contribution in [0.5, 0.6) is 11.5 Å². The zero-order valence-corrected chi connectivity index (χ0v) is 16.0. The van der Waals surface area contributed by atoms with Gasteiger partial charge in [0.05, 0.1) is 13.7 Å². The Kier molecular flexibility index (Phi) is 8.04. The average molecular weight is 350 g/mol. The summed E-state index contributed by atoms with van der Waals surface area (Å²) in [6, 6.07) is 5.53. The molecule has 25 heavy (non-hydrogen) atoms. The van der Waals surface area contributed by atoms with Crippen LogP contribution in [-0.4, -0.2) is 44.2 Å². The lowest BCUT2D eigenvalue weighted by molar-refractivity contribution is -0.121. The fourth-order valence-electron chi connectivity index (χ4n) is 2.07. The molecule has 7 nitrogen and oxygen atoms in total. The van der Waals surface area contributed by atoms with Crippen LogP contribution < -0.4 is 25.4 Å². The Morgan fingerprint density at radius 2 is 1.92 bits per heavy atom. The smallest absolute Gasteiger partial charge is 0.242 e. The number of anilines is 1. The highest BCUT2D eigenvalue weighted by Crippen LogP contribution is 2.30. The van der Waals surface area contributed by atoms with Gasteiger partial charge in [-0.2, -0.15) is 0 Å². The van der Waals surface area contributed by atoms with E-state index in [9.17, 15) is 4.79 Å². The Morgan fingerprint density at radius 3 is 2.48 bits per heavy atom. The molecular formula is C18H30N4O3. The van der Waals surface area contributed by atoms with E-state index in [-0.39, 0.29) is 18.0 Å². The number of ether oxygens (including phenoxy) is 2. The summed E-state index contributed by atoms with van der Waals surface area (Å²) in [5.74, 6) is 1.71. The number of benzene rings is 1. The van der Waals surface area contributed by atoms with E-state index in [0.717, 1.165) is 5.69 Å².